The highest BCUT2D eigenvalue weighted by molar-refractivity contribution is 5.99. The van der Waals surface area contributed by atoms with Crippen molar-refractivity contribution in [1.29, 1.82) is 0 Å². The predicted octanol–water partition coefficient (Wildman–Crippen LogP) is 2.44. The zero-order valence-corrected chi connectivity index (χ0v) is 15.3. The lowest BCUT2D eigenvalue weighted by atomic mass is 10.2. The molecule has 2 aromatic carbocycles. The number of hydrazine groups is 1. The number of benzene rings is 2. The molecule has 28 heavy (non-hydrogen) atoms. The minimum Gasteiger partial charge on any atom is -0.504 e. The topological polar surface area (TPSA) is 105 Å². The minimum atomic E-state index is -0.737. The van der Waals surface area contributed by atoms with Gasteiger partial charge in [0.15, 0.2) is 11.4 Å². The van der Waals surface area contributed by atoms with E-state index >= 15 is 0 Å². The van der Waals surface area contributed by atoms with Crippen LogP contribution in [0.4, 0.5) is 0 Å². The van der Waals surface area contributed by atoms with Crippen LogP contribution in [0, 0.1) is 0 Å². The molecule has 1 heterocycles. The Kier molecular flexibility index (Phi) is 5.91. The molecule has 8 heteroatoms. The standard InChI is InChI=1S/C20H20N4O4/c1-2-11-28-16-10-6-7-14(12-16)19(26)21-22-20(27)18-17(25)13-24(23-18)15-8-4-3-5-9-15/h3-10,12-13,25H,2,11H2,1H3,(H,21,26)(H,22,27). The molecule has 0 aliphatic rings. The number of aromatic nitrogens is 2. The highest BCUT2D eigenvalue weighted by Gasteiger charge is 2.18. The van der Waals surface area contributed by atoms with E-state index in [1.54, 1.807) is 36.4 Å². The van der Waals surface area contributed by atoms with Crippen LogP contribution in [0.2, 0.25) is 0 Å². The summed E-state index contributed by atoms with van der Waals surface area (Å²) < 4.78 is 6.86. The van der Waals surface area contributed by atoms with Gasteiger partial charge in [-0.1, -0.05) is 31.2 Å². The molecule has 3 rings (SSSR count). The molecule has 0 radical (unpaired) electrons. The van der Waals surface area contributed by atoms with E-state index in [-0.39, 0.29) is 11.4 Å². The second-order valence-corrected chi connectivity index (χ2v) is 5.93. The molecule has 8 nitrogen and oxygen atoms in total. The van der Waals surface area contributed by atoms with Gasteiger partial charge in [-0.15, -0.1) is 0 Å². The summed E-state index contributed by atoms with van der Waals surface area (Å²) in [4.78, 5) is 24.5. The summed E-state index contributed by atoms with van der Waals surface area (Å²) >= 11 is 0. The fourth-order valence-corrected chi connectivity index (χ4v) is 2.43. The molecule has 0 atom stereocenters. The van der Waals surface area contributed by atoms with Crippen molar-refractivity contribution < 1.29 is 19.4 Å². The van der Waals surface area contributed by atoms with Crippen molar-refractivity contribution in [2.24, 2.45) is 0 Å². The van der Waals surface area contributed by atoms with Crippen LogP contribution in [0.1, 0.15) is 34.2 Å². The van der Waals surface area contributed by atoms with Gasteiger partial charge in [-0.3, -0.25) is 20.4 Å². The number of hydrogen-bond donors (Lipinski definition) is 3. The quantitative estimate of drug-likeness (QED) is 0.570. The highest BCUT2D eigenvalue weighted by atomic mass is 16.5. The Labute approximate surface area is 161 Å². The molecule has 0 aliphatic heterocycles. The predicted molar refractivity (Wildman–Crippen MR) is 102 cm³/mol. The molecule has 1 aromatic heterocycles. The van der Waals surface area contributed by atoms with Gasteiger partial charge in [-0.2, -0.15) is 5.10 Å². The Hall–Kier alpha value is -3.81. The first-order valence-corrected chi connectivity index (χ1v) is 8.76. The number of rotatable bonds is 6. The van der Waals surface area contributed by atoms with Gasteiger partial charge >= 0.3 is 0 Å². The maximum Gasteiger partial charge on any atom is 0.294 e. The van der Waals surface area contributed by atoms with Crippen molar-refractivity contribution in [2.75, 3.05) is 6.61 Å². The summed E-state index contributed by atoms with van der Waals surface area (Å²) in [6.45, 7) is 2.53. The third-order valence-electron chi connectivity index (χ3n) is 3.79. The first-order valence-electron chi connectivity index (χ1n) is 8.76. The molecule has 3 aromatic rings. The highest BCUT2D eigenvalue weighted by Crippen LogP contribution is 2.18. The van der Waals surface area contributed by atoms with Crippen LogP contribution in [-0.4, -0.2) is 33.3 Å². The molecule has 0 spiro atoms. The van der Waals surface area contributed by atoms with Gasteiger partial charge in [0, 0.05) is 5.56 Å². The van der Waals surface area contributed by atoms with E-state index in [0.717, 1.165) is 6.42 Å². The van der Waals surface area contributed by atoms with Gasteiger partial charge in [0.25, 0.3) is 11.8 Å². The summed E-state index contributed by atoms with van der Waals surface area (Å²) in [6.07, 6.45) is 2.17. The molecule has 0 saturated carbocycles. The monoisotopic (exact) mass is 380 g/mol. The van der Waals surface area contributed by atoms with E-state index in [1.807, 2.05) is 25.1 Å². The van der Waals surface area contributed by atoms with Gasteiger partial charge in [-0.05, 0) is 36.8 Å². The lowest BCUT2D eigenvalue weighted by Gasteiger charge is -2.08. The van der Waals surface area contributed by atoms with E-state index in [2.05, 4.69) is 16.0 Å². The van der Waals surface area contributed by atoms with E-state index in [4.69, 9.17) is 4.74 Å². The molecule has 0 bridgehead atoms. The number of hydrogen-bond acceptors (Lipinski definition) is 5. The van der Waals surface area contributed by atoms with Crippen LogP contribution in [-0.2, 0) is 0 Å². The van der Waals surface area contributed by atoms with Crippen LogP contribution >= 0.6 is 0 Å². The lowest BCUT2D eigenvalue weighted by Crippen LogP contribution is -2.41. The normalized spacial score (nSPS) is 10.3. The van der Waals surface area contributed by atoms with Gasteiger partial charge in [0.05, 0.1) is 18.5 Å². The van der Waals surface area contributed by atoms with Crippen molar-refractivity contribution in [3.05, 3.63) is 72.1 Å². The first kappa shape index (κ1) is 19.0. The van der Waals surface area contributed by atoms with Crippen molar-refractivity contribution in [2.45, 2.75) is 13.3 Å². The molecule has 2 amide bonds. The Bertz CT molecular complexity index is 969. The number of ether oxygens (including phenoxy) is 1. The number of carbonyl (C=O) groups is 2. The van der Waals surface area contributed by atoms with E-state index < -0.39 is 11.8 Å². The van der Waals surface area contributed by atoms with E-state index in [1.165, 1.54) is 10.9 Å². The third-order valence-corrected chi connectivity index (χ3v) is 3.79. The van der Waals surface area contributed by atoms with Gasteiger partial charge in [0.1, 0.15) is 5.75 Å². The third kappa shape index (κ3) is 4.47. The number of nitrogens with one attached hydrogen (secondary N) is 2. The molecule has 144 valence electrons. The molecule has 0 fully saturated rings. The Morgan fingerprint density at radius 3 is 2.57 bits per heavy atom. The Morgan fingerprint density at radius 1 is 1.07 bits per heavy atom. The SMILES string of the molecule is CCCOc1cccc(C(=O)NNC(=O)c2nn(-c3ccccc3)cc2O)c1. The van der Waals surface area contributed by atoms with Crippen molar-refractivity contribution >= 4 is 11.8 Å². The summed E-state index contributed by atoms with van der Waals surface area (Å²) in [5.74, 6) is -0.984. The van der Waals surface area contributed by atoms with Crippen molar-refractivity contribution in [3.8, 4) is 17.2 Å². The van der Waals surface area contributed by atoms with Crippen molar-refractivity contribution in [1.82, 2.24) is 20.6 Å². The summed E-state index contributed by atoms with van der Waals surface area (Å²) in [5, 5.41) is 14.1. The average Bonchev–Trinajstić information content (AvgIpc) is 3.13. The van der Waals surface area contributed by atoms with Gasteiger partial charge < -0.3 is 9.84 Å². The largest absolute Gasteiger partial charge is 0.504 e. The van der Waals surface area contributed by atoms with Crippen LogP contribution in [0.25, 0.3) is 5.69 Å². The fourth-order valence-electron chi connectivity index (χ4n) is 2.43. The average molecular weight is 380 g/mol. The maximum absolute atomic E-state index is 12.3. The Balaban J connectivity index is 1.64. The minimum absolute atomic E-state index is 0.204. The zero-order valence-electron chi connectivity index (χ0n) is 15.3. The second-order valence-electron chi connectivity index (χ2n) is 5.93. The molecular weight excluding hydrogens is 360 g/mol. The number of nitrogens with zero attached hydrogens (tertiary/aromatic N) is 2. The fraction of sp³-hybridized carbons (Fsp3) is 0.150. The summed E-state index contributed by atoms with van der Waals surface area (Å²) in [6, 6.07) is 15.7. The van der Waals surface area contributed by atoms with Gasteiger partial charge in [-0.25, -0.2) is 4.68 Å². The van der Waals surface area contributed by atoms with Crippen LogP contribution in [0.5, 0.6) is 11.5 Å². The Morgan fingerprint density at radius 2 is 1.82 bits per heavy atom. The lowest BCUT2D eigenvalue weighted by molar-refractivity contribution is 0.0842. The number of carbonyl (C=O) groups excluding carboxylic acids is 2. The van der Waals surface area contributed by atoms with Crippen molar-refractivity contribution in [3.63, 3.8) is 0 Å². The number of amides is 2. The summed E-state index contributed by atoms with van der Waals surface area (Å²) in [5.41, 5.74) is 5.36. The van der Waals surface area contributed by atoms with Crippen LogP contribution in [0.15, 0.2) is 60.8 Å². The maximum atomic E-state index is 12.3. The zero-order chi connectivity index (χ0) is 19.9. The molecule has 0 aliphatic carbocycles. The number of para-hydroxylation sites is 1. The second kappa shape index (κ2) is 8.72. The van der Waals surface area contributed by atoms with Crippen LogP contribution < -0.4 is 15.6 Å². The molecule has 0 saturated heterocycles. The number of aromatic hydroxyl groups is 1. The molecule has 3 N–H and O–H groups in total. The summed E-state index contributed by atoms with van der Waals surface area (Å²) in [7, 11) is 0. The smallest absolute Gasteiger partial charge is 0.294 e. The van der Waals surface area contributed by atoms with E-state index in [0.29, 0.717) is 23.6 Å². The van der Waals surface area contributed by atoms with Crippen LogP contribution in [0.3, 0.4) is 0 Å². The first-order chi connectivity index (χ1) is 13.6. The molecule has 0 unspecified atom stereocenters. The molecular formula is C20H20N4O4. The van der Waals surface area contributed by atoms with E-state index in [9.17, 15) is 14.7 Å². The van der Waals surface area contributed by atoms with Gasteiger partial charge in [0.2, 0.25) is 0 Å².